The maximum absolute atomic E-state index is 13.0. The Kier molecular flexibility index (Phi) is 6.84. The van der Waals surface area contributed by atoms with E-state index in [0.29, 0.717) is 44.3 Å². The Hall–Kier alpha value is -2.48. The van der Waals surface area contributed by atoms with E-state index in [1.54, 1.807) is 19.2 Å². The molecule has 29 heavy (non-hydrogen) atoms. The summed E-state index contributed by atoms with van der Waals surface area (Å²) in [6.45, 7) is 11.0. The zero-order chi connectivity index (χ0) is 21.0. The number of piperazine rings is 1. The molecule has 1 aliphatic heterocycles. The molecule has 1 aliphatic rings. The first-order chi connectivity index (χ1) is 13.9. The first-order valence-electron chi connectivity index (χ1n) is 10.0. The van der Waals surface area contributed by atoms with Crippen molar-refractivity contribution in [3.63, 3.8) is 0 Å². The van der Waals surface area contributed by atoms with Gasteiger partial charge in [-0.3, -0.25) is 4.79 Å². The third-order valence-corrected chi connectivity index (χ3v) is 5.94. The van der Waals surface area contributed by atoms with E-state index in [9.17, 15) is 9.59 Å². The van der Waals surface area contributed by atoms with Crippen LogP contribution in [0.2, 0.25) is 0 Å². The fourth-order valence-electron chi connectivity index (χ4n) is 3.28. The molecular formula is C21H28N4O3S. The molecule has 0 spiro atoms. The molecule has 7 nitrogen and oxygen atoms in total. The number of esters is 1. The van der Waals surface area contributed by atoms with Crippen molar-refractivity contribution in [3.8, 4) is 0 Å². The minimum Gasteiger partial charge on any atom is -0.462 e. The van der Waals surface area contributed by atoms with Crippen molar-refractivity contribution < 1.29 is 14.3 Å². The van der Waals surface area contributed by atoms with Gasteiger partial charge in [0, 0.05) is 38.8 Å². The lowest BCUT2D eigenvalue weighted by atomic mass is 10.1. The Morgan fingerprint density at radius 1 is 1.21 bits per heavy atom. The summed E-state index contributed by atoms with van der Waals surface area (Å²) in [6, 6.07) is 3.56. The largest absolute Gasteiger partial charge is 0.462 e. The van der Waals surface area contributed by atoms with Crippen molar-refractivity contribution in [2.75, 3.05) is 37.7 Å². The number of carbonyl (C=O) groups excluding carboxylic acids is 2. The van der Waals surface area contributed by atoms with Crippen LogP contribution in [-0.4, -0.2) is 59.5 Å². The summed E-state index contributed by atoms with van der Waals surface area (Å²) in [6.07, 6.45) is 2.45. The number of rotatable bonds is 6. The van der Waals surface area contributed by atoms with Gasteiger partial charge in [0.05, 0.1) is 22.9 Å². The molecule has 156 valence electrons. The molecule has 0 atom stereocenters. The van der Waals surface area contributed by atoms with E-state index >= 15 is 0 Å². The van der Waals surface area contributed by atoms with Gasteiger partial charge in [0.15, 0.2) is 0 Å². The lowest BCUT2D eigenvalue weighted by molar-refractivity contribution is 0.0525. The van der Waals surface area contributed by atoms with Crippen molar-refractivity contribution in [1.29, 1.82) is 0 Å². The van der Waals surface area contributed by atoms with Crippen LogP contribution >= 0.6 is 11.3 Å². The summed E-state index contributed by atoms with van der Waals surface area (Å²) < 4.78 is 4.99. The number of thiazole rings is 1. The zero-order valence-corrected chi connectivity index (χ0v) is 18.3. The predicted octanol–water partition coefficient (Wildman–Crippen LogP) is 3.18. The summed E-state index contributed by atoms with van der Waals surface area (Å²) >= 11 is 1.52. The third-order valence-electron chi connectivity index (χ3n) is 4.77. The normalized spacial score (nSPS) is 14.4. The predicted molar refractivity (Wildman–Crippen MR) is 114 cm³/mol. The molecule has 3 rings (SSSR count). The number of pyridine rings is 1. The summed E-state index contributed by atoms with van der Waals surface area (Å²) in [7, 11) is 0. The van der Waals surface area contributed by atoms with Crippen molar-refractivity contribution >= 4 is 29.0 Å². The molecule has 0 N–H and O–H groups in total. The van der Waals surface area contributed by atoms with Gasteiger partial charge >= 0.3 is 5.97 Å². The van der Waals surface area contributed by atoms with Crippen molar-refractivity contribution in [1.82, 2.24) is 14.9 Å². The molecule has 1 amide bonds. The van der Waals surface area contributed by atoms with Gasteiger partial charge in [0.1, 0.15) is 10.7 Å². The second kappa shape index (κ2) is 9.35. The number of amides is 1. The second-order valence-corrected chi connectivity index (χ2v) is 8.61. The zero-order valence-electron chi connectivity index (χ0n) is 17.5. The molecule has 8 heteroatoms. The molecule has 0 saturated carbocycles. The van der Waals surface area contributed by atoms with E-state index in [4.69, 9.17) is 4.74 Å². The maximum Gasteiger partial charge on any atom is 0.339 e. The highest BCUT2D eigenvalue weighted by Gasteiger charge is 2.26. The van der Waals surface area contributed by atoms with Crippen molar-refractivity contribution in [2.45, 2.75) is 34.1 Å². The van der Waals surface area contributed by atoms with E-state index in [0.717, 1.165) is 27.8 Å². The number of hydrogen-bond donors (Lipinski definition) is 0. The van der Waals surface area contributed by atoms with Gasteiger partial charge in [0.25, 0.3) is 5.91 Å². The lowest BCUT2D eigenvalue weighted by Gasteiger charge is -2.35. The van der Waals surface area contributed by atoms with Crippen LogP contribution < -0.4 is 4.90 Å². The van der Waals surface area contributed by atoms with Gasteiger partial charge in [-0.15, -0.1) is 11.3 Å². The minimum atomic E-state index is -0.362. The molecule has 1 fully saturated rings. The van der Waals surface area contributed by atoms with Crippen LogP contribution in [0, 0.1) is 12.8 Å². The van der Waals surface area contributed by atoms with Gasteiger partial charge < -0.3 is 14.5 Å². The molecule has 0 bridgehead atoms. The van der Waals surface area contributed by atoms with Crippen molar-refractivity contribution in [2.24, 2.45) is 5.92 Å². The summed E-state index contributed by atoms with van der Waals surface area (Å²) in [5, 5.41) is 1.03. The number of aryl methyl sites for hydroxylation is 1. The van der Waals surface area contributed by atoms with Gasteiger partial charge in [-0.2, -0.15) is 0 Å². The van der Waals surface area contributed by atoms with Gasteiger partial charge in [-0.1, -0.05) is 13.8 Å². The second-order valence-electron chi connectivity index (χ2n) is 7.52. The van der Waals surface area contributed by atoms with E-state index in [1.165, 1.54) is 11.3 Å². The first kappa shape index (κ1) is 21.2. The third kappa shape index (κ3) is 5.12. The van der Waals surface area contributed by atoms with E-state index < -0.39 is 0 Å². The highest BCUT2D eigenvalue weighted by molar-refractivity contribution is 7.13. The molecule has 0 aliphatic carbocycles. The molecule has 3 heterocycles. The Labute approximate surface area is 175 Å². The Morgan fingerprint density at radius 3 is 2.52 bits per heavy atom. The van der Waals surface area contributed by atoms with Crippen LogP contribution in [-0.2, 0) is 11.2 Å². The number of hydrogen-bond acceptors (Lipinski definition) is 7. The first-order valence-corrected chi connectivity index (χ1v) is 10.8. The Morgan fingerprint density at radius 2 is 1.93 bits per heavy atom. The average Bonchev–Trinajstić information content (AvgIpc) is 3.07. The van der Waals surface area contributed by atoms with Crippen LogP contribution in [0.15, 0.2) is 18.3 Å². The Bertz CT molecular complexity index is 855. The van der Waals surface area contributed by atoms with E-state index in [-0.39, 0.29) is 11.9 Å². The van der Waals surface area contributed by atoms with E-state index in [2.05, 4.69) is 28.7 Å². The van der Waals surface area contributed by atoms with Crippen LogP contribution in [0.1, 0.15) is 51.5 Å². The number of carbonyl (C=O) groups is 2. The fraction of sp³-hybridized carbons (Fsp3) is 0.524. The highest BCUT2D eigenvalue weighted by atomic mass is 32.1. The van der Waals surface area contributed by atoms with E-state index in [1.807, 2.05) is 17.9 Å². The van der Waals surface area contributed by atoms with Crippen LogP contribution in [0.5, 0.6) is 0 Å². The minimum absolute atomic E-state index is 0.0697. The number of aromatic nitrogens is 2. The van der Waals surface area contributed by atoms with Gasteiger partial charge in [-0.25, -0.2) is 14.8 Å². The standard InChI is InChI=1S/C21H28N4O3S/c1-5-28-21(27)16-6-7-17(22-13-16)24-8-10-25(11-9-24)20(26)19-15(4)23-18(29-19)12-14(2)3/h6-7,13-14H,5,8-12H2,1-4H3. The fourth-order valence-corrected chi connectivity index (χ4v) is 4.52. The lowest BCUT2D eigenvalue weighted by Crippen LogP contribution is -2.49. The summed E-state index contributed by atoms with van der Waals surface area (Å²) in [5.41, 5.74) is 1.27. The SMILES string of the molecule is CCOC(=O)c1ccc(N2CCN(C(=O)c3sc(CC(C)C)nc3C)CC2)nc1. The quantitative estimate of drug-likeness (QED) is 0.673. The monoisotopic (exact) mass is 416 g/mol. The Balaban J connectivity index is 1.59. The van der Waals surface area contributed by atoms with Crippen LogP contribution in [0.4, 0.5) is 5.82 Å². The van der Waals surface area contributed by atoms with Gasteiger partial charge in [-0.05, 0) is 31.9 Å². The molecule has 1 saturated heterocycles. The number of ether oxygens (including phenoxy) is 1. The highest BCUT2D eigenvalue weighted by Crippen LogP contribution is 2.23. The molecule has 0 radical (unpaired) electrons. The summed E-state index contributed by atoms with van der Waals surface area (Å²) in [4.78, 5) is 38.4. The molecule has 0 unspecified atom stereocenters. The molecular weight excluding hydrogens is 388 g/mol. The molecule has 0 aromatic carbocycles. The average molecular weight is 417 g/mol. The van der Waals surface area contributed by atoms with Gasteiger partial charge in [0.2, 0.25) is 0 Å². The smallest absolute Gasteiger partial charge is 0.339 e. The molecule has 2 aromatic heterocycles. The number of nitrogens with zero attached hydrogens (tertiary/aromatic N) is 4. The van der Waals surface area contributed by atoms with Crippen LogP contribution in [0.3, 0.4) is 0 Å². The summed E-state index contributed by atoms with van der Waals surface area (Å²) in [5.74, 6) is 1.03. The maximum atomic E-state index is 13.0. The van der Waals surface area contributed by atoms with Crippen molar-refractivity contribution in [3.05, 3.63) is 39.5 Å². The number of anilines is 1. The topological polar surface area (TPSA) is 75.6 Å². The molecule has 2 aromatic rings. The van der Waals surface area contributed by atoms with Crippen LogP contribution in [0.25, 0.3) is 0 Å².